The van der Waals surface area contributed by atoms with E-state index in [0.717, 1.165) is 18.8 Å². The van der Waals surface area contributed by atoms with Crippen molar-refractivity contribution in [3.8, 4) is 0 Å². The third kappa shape index (κ3) is 4.19. The lowest BCUT2D eigenvalue weighted by molar-refractivity contribution is 0.601. The summed E-state index contributed by atoms with van der Waals surface area (Å²) in [6.07, 6.45) is 6.62. The molecule has 0 unspecified atom stereocenters. The van der Waals surface area contributed by atoms with Crippen molar-refractivity contribution in [3.63, 3.8) is 0 Å². The van der Waals surface area contributed by atoms with Gasteiger partial charge in [-0.05, 0) is 43.2 Å². The van der Waals surface area contributed by atoms with E-state index in [0.29, 0.717) is 10.8 Å². The van der Waals surface area contributed by atoms with Gasteiger partial charge in [-0.2, -0.15) is 0 Å². The fourth-order valence-electron chi connectivity index (χ4n) is 2.79. The summed E-state index contributed by atoms with van der Waals surface area (Å²) in [6.45, 7) is 2.05. The molecule has 0 amide bonds. The van der Waals surface area contributed by atoms with Crippen LogP contribution in [0, 0.1) is 0 Å². The van der Waals surface area contributed by atoms with Gasteiger partial charge >= 0.3 is 0 Å². The molecule has 0 radical (unpaired) electrons. The molecule has 2 heterocycles. The number of sulfonamides is 1. The summed E-state index contributed by atoms with van der Waals surface area (Å²) in [4.78, 5) is 6.67. The molecular weight excluding hydrogens is 346 g/mol. The third-order valence-electron chi connectivity index (χ3n) is 4.06. The van der Waals surface area contributed by atoms with Gasteiger partial charge in [0.1, 0.15) is 5.82 Å². The largest absolute Gasteiger partial charge is 0.370 e. The van der Waals surface area contributed by atoms with E-state index in [4.69, 9.17) is 11.6 Å². The molecule has 0 spiro atoms. The zero-order chi connectivity index (χ0) is 17.0. The third-order valence-corrected chi connectivity index (χ3v) is 5.65. The van der Waals surface area contributed by atoms with Crippen molar-refractivity contribution >= 4 is 33.1 Å². The minimum Gasteiger partial charge on any atom is -0.370 e. The summed E-state index contributed by atoms with van der Waals surface area (Å²) >= 11 is 5.86. The van der Waals surface area contributed by atoms with Crippen LogP contribution in [-0.2, 0) is 10.0 Å². The van der Waals surface area contributed by atoms with Gasteiger partial charge in [0.15, 0.2) is 0 Å². The zero-order valence-corrected chi connectivity index (χ0v) is 14.9. The summed E-state index contributed by atoms with van der Waals surface area (Å²) in [5.74, 6) is 0.300. The normalized spacial score (nSPS) is 15.8. The van der Waals surface area contributed by atoms with Crippen molar-refractivity contribution in [1.82, 2.24) is 4.98 Å². The Hall–Kier alpha value is -1.79. The summed E-state index contributed by atoms with van der Waals surface area (Å²) in [7, 11) is -3.69. The maximum absolute atomic E-state index is 12.4. The van der Waals surface area contributed by atoms with Crippen LogP contribution in [0.4, 0.5) is 11.5 Å². The van der Waals surface area contributed by atoms with Crippen LogP contribution in [0.2, 0.25) is 5.02 Å². The number of aromatic nitrogens is 1. The van der Waals surface area contributed by atoms with Gasteiger partial charge in [-0.3, -0.25) is 4.72 Å². The number of hydrogen-bond acceptors (Lipinski definition) is 4. The van der Waals surface area contributed by atoms with E-state index in [1.807, 2.05) is 6.07 Å². The Morgan fingerprint density at radius 1 is 1.04 bits per heavy atom. The van der Waals surface area contributed by atoms with Crippen molar-refractivity contribution in [3.05, 3.63) is 47.6 Å². The molecule has 7 heteroatoms. The summed E-state index contributed by atoms with van der Waals surface area (Å²) in [6, 6.07) is 9.76. The first kappa shape index (κ1) is 17.0. The number of nitrogens with one attached hydrogen (secondary N) is 1. The van der Waals surface area contributed by atoms with Crippen molar-refractivity contribution in [2.75, 3.05) is 22.7 Å². The highest BCUT2D eigenvalue weighted by Crippen LogP contribution is 2.22. The zero-order valence-electron chi connectivity index (χ0n) is 13.3. The molecule has 1 saturated heterocycles. The lowest BCUT2D eigenvalue weighted by atomic mass is 10.2. The number of benzene rings is 1. The molecule has 0 aliphatic carbocycles. The highest BCUT2D eigenvalue weighted by molar-refractivity contribution is 7.92. The smallest absolute Gasteiger partial charge is 0.263 e. The Labute approximate surface area is 147 Å². The van der Waals surface area contributed by atoms with Crippen molar-refractivity contribution in [2.24, 2.45) is 0 Å². The Bertz CT molecular complexity index is 786. The van der Waals surface area contributed by atoms with E-state index in [1.165, 1.54) is 37.8 Å². The maximum Gasteiger partial charge on any atom is 0.263 e. The molecule has 5 nitrogen and oxygen atoms in total. The van der Waals surface area contributed by atoms with E-state index in [-0.39, 0.29) is 4.90 Å². The average molecular weight is 366 g/mol. The van der Waals surface area contributed by atoms with Crippen LogP contribution in [0.5, 0.6) is 0 Å². The van der Waals surface area contributed by atoms with Crippen LogP contribution in [0.25, 0.3) is 0 Å². The van der Waals surface area contributed by atoms with E-state index in [9.17, 15) is 8.42 Å². The van der Waals surface area contributed by atoms with Gasteiger partial charge in [0.2, 0.25) is 0 Å². The minimum atomic E-state index is -3.69. The van der Waals surface area contributed by atoms with E-state index in [1.54, 1.807) is 24.4 Å². The van der Waals surface area contributed by atoms with Gasteiger partial charge in [-0.1, -0.05) is 30.5 Å². The predicted molar refractivity (Wildman–Crippen MR) is 97.2 cm³/mol. The quantitative estimate of drug-likeness (QED) is 0.892. The van der Waals surface area contributed by atoms with Gasteiger partial charge in [0, 0.05) is 18.1 Å². The predicted octanol–water partition coefficient (Wildman–Crippen LogP) is 3.92. The molecule has 1 aromatic heterocycles. The number of anilines is 2. The number of pyridine rings is 1. The molecule has 1 aliphatic heterocycles. The molecule has 3 rings (SSSR count). The molecule has 0 atom stereocenters. The highest BCUT2D eigenvalue weighted by atomic mass is 35.5. The van der Waals surface area contributed by atoms with Crippen LogP contribution in [0.3, 0.4) is 0 Å². The molecule has 1 N–H and O–H groups in total. The molecule has 128 valence electrons. The van der Waals surface area contributed by atoms with Crippen LogP contribution in [-0.4, -0.2) is 26.5 Å². The van der Waals surface area contributed by atoms with Gasteiger partial charge in [-0.15, -0.1) is 0 Å². The minimum absolute atomic E-state index is 0.119. The van der Waals surface area contributed by atoms with Gasteiger partial charge < -0.3 is 4.90 Å². The topological polar surface area (TPSA) is 62.3 Å². The maximum atomic E-state index is 12.4. The Balaban J connectivity index is 1.74. The van der Waals surface area contributed by atoms with Crippen LogP contribution in [0.1, 0.15) is 25.7 Å². The Morgan fingerprint density at radius 3 is 2.42 bits per heavy atom. The van der Waals surface area contributed by atoms with E-state index in [2.05, 4.69) is 14.6 Å². The number of rotatable bonds is 4. The van der Waals surface area contributed by atoms with Gasteiger partial charge in [-0.25, -0.2) is 13.4 Å². The Kier molecular flexibility index (Phi) is 5.26. The fourth-order valence-corrected chi connectivity index (χ4v) is 4.10. The van der Waals surface area contributed by atoms with Gasteiger partial charge in [0.05, 0.1) is 16.8 Å². The van der Waals surface area contributed by atoms with Crippen LogP contribution < -0.4 is 9.62 Å². The van der Waals surface area contributed by atoms with E-state index < -0.39 is 10.0 Å². The molecular formula is C17H20ClN3O2S. The summed E-state index contributed by atoms with van der Waals surface area (Å²) < 4.78 is 27.2. The lowest BCUT2D eigenvalue weighted by Crippen LogP contribution is -2.24. The van der Waals surface area contributed by atoms with Crippen LogP contribution in [0.15, 0.2) is 47.5 Å². The number of nitrogens with zero attached hydrogens (tertiary/aromatic N) is 2. The fraction of sp³-hybridized carbons (Fsp3) is 0.353. The second-order valence-electron chi connectivity index (χ2n) is 5.87. The number of hydrogen-bond donors (Lipinski definition) is 1. The van der Waals surface area contributed by atoms with E-state index >= 15 is 0 Å². The molecule has 1 aliphatic rings. The SMILES string of the molecule is O=S(=O)(Nc1ccc(N2CCCCCC2)cn1)c1cccc(Cl)c1. The Morgan fingerprint density at radius 2 is 1.79 bits per heavy atom. The highest BCUT2D eigenvalue weighted by Gasteiger charge is 2.16. The summed E-state index contributed by atoms with van der Waals surface area (Å²) in [5, 5.41) is 0.377. The number of halogens is 1. The molecule has 0 saturated carbocycles. The molecule has 24 heavy (non-hydrogen) atoms. The van der Waals surface area contributed by atoms with Crippen molar-refractivity contribution in [1.29, 1.82) is 0 Å². The molecule has 0 bridgehead atoms. The second kappa shape index (κ2) is 7.40. The molecule has 1 fully saturated rings. The average Bonchev–Trinajstić information content (AvgIpc) is 2.84. The van der Waals surface area contributed by atoms with Crippen LogP contribution >= 0.6 is 11.6 Å². The first-order chi connectivity index (χ1) is 11.5. The molecule has 1 aromatic carbocycles. The standard InChI is InChI=1S/C17H20ClN3O2S/c18-14-6-5-7-16(12-14)24(22,23)20-17-9-8-15(13-19-17)21-10-3-1-2-4-11-21/h5-9,12-13H,1-4,10-11H2,(H,19,20). The second-order valence-corrected chi connectivity index (χ2v) is 7.98. The monoisotopic (exact) mass is 365 g/mol. The van der Waals surface area contributed by atoms with Gasteiger partial charge in [0.25, 0.3) is 10.0 Å². The molecule has 2 aromatic rings. The summed E-state index contributed by atoms with van der Waals surface area (Å²) in [5.41, 5.74) is 1.03. The van der Waals surface area contributed by atoms with Crippen molar-refractivity contribution < 1.29 is 8.42 Å². The first-order valence-corrected chi connectivity index (χ1v) is 9.90. The first-order valence-electron chi connectivity index (χ1n) is 8.04. The lowest BCUT2D eigenvalue weighted by Gasteiger charge is -2.22. The van der Waals surface area contributed by atoms with Crippen molar-refractivity contribution in [2.45, 2.75) is 30.6 Å².